The van der Waals surface area contributed by atoms with Crippen molar-refractivity contribution in [3.05, 3.63) is 23.8 Å². The lowest BCUT2D eigenvalue weighted by Gasteiger charge is -2.20. The van der Waals surface area contributed by atoms with E-state index in [4.69, 9.17) is 9.47 Å². The molecule has 1 aromatic rings. The monoisotopic (exact) mass is 235 g/mol. The second-order valence-electron chi connectivity index (χ2n) is 4.98. The third-order valence-electron chi connectivity index (χ3n) is 2.79. The second kappa shape index (κ2) is 4.28. The summed E-state index contributed by atoms with van der Waals surface area (Å²) in [7, 11) is 1.38. The Labute approximate surface area is 101 Å². The van der Waals surface area contributed by atoms with Crippen LogP contribution in [0.1, 0.15) is 24.2 Å². The molecule has 0 atom stereocenters. The van der Waals surface area contributed by atoms with Crippen LogP contribution in [0.3, 0.4) is 0 Å². The predicted octanol–water partition coefficient (Wildman–Crippen LogP) is 2.30. The fourth-order valence-electron chi connectivity index (χ4n) is 1.77. The maximum absolute atomic E-state index is 11.6. The Morgan fingerprint density at radius 2 is 2.24 bits per heavy atom. The van der Waals surface area contributed by atoms with Gasteiger partial charge in [-0.3, -0.25) is 0 Å². The van der Waals surface area contributed by atoms with E-state index in [0.717, 1.165) is 12.2 Å². The first kappa shape index (κ1) is 11.8. The summed E-state index contributed by atoms with van der Waals surface area (Å²) in [6, 6.07) is 5.39. The SMILES string of the molecule is COC(=O)c1cccc2c1NCC(C)(C)CO2. The molecule has 1 heterocycles. The molecule has 0 aromatic heterocycles. The van der Waals surface area contributed by atoms with Crippen molar-refractivity contribution in [2.24, 2.45) is 5.41 Å². The van der Waals surface area contributed by atoms with Crippen molar-refractivity contribution in [3.8, 4) is 5.75 Å². The summed E-state index contributed by atoms with van der Waals surface area (Å²) in [6.45, 7) is 5.61. The van der Waals surface area contributed by atoms with Crippen LogP contribution in [-0.2, 0) is 4.74 Å². The lowest BCUT2D eigenvalue weighted by molar-refractivity contribution is 0.0601. The molecular weight excluding hydrogens is 218 g/mol. The molecule has 0 saturated heterocycles. The van der Waals surface area contributed by atoms with Gasteiger partial charge in [-0.1, -0.05) is 19.9 Å². The van der Waals surface area contributed by atoms with Crippen LogP contribution in [0.5, 0.6) is 5.75 Å². The van der Waals surface area contributed by atoms with Gasteiger partial charge in [-0.25, -0.2) is 4.79 Å². The van der Waals surface area contributed by atoms with Crippen molar-refractivity contribution >= 4 is 11.7 Å². The first-order valence-corrected chi connectivity index (χ1v) is 5.61. The van der Waals surface area contributed by atoms with E-state index < -0.39 is 0 Å². The molecule has 4 nitrogen and oxygen atoms in total. The standard InChI is InChI=1S/C13H17NO3/c1-13(2)7-14-11-9(12(15)16-3)5-4-6-10(11)17-8-13/h4-6,14H,7-8H2,1-3H3. The molecule has 4 heteroatoms. The van der Waals surface area contributed by atoms with Gasteiger partial charge in [0.05, 0.1) is 25.0 Å². The number of fused-ring (bicyclic) bond motifs is 1. The average Bonchev–Trinajstić information content (AvgIpc) is 2.47. The van der Waals surface area contributed by atoms with Crippen LogP contribution in [0.4, 0.5) is 5.69 Å². The molecule has 1 aliphatic rings. The molecule has 17 heavy (non-hydrogen) atoms. The number of benzene rings is 1. The molecule has 0 saturated carbocycles. The molecule has 1 N–H and O–H groups in total. The van der Waals surface area contributed by atoms with E-state index >= 15 is 0 Å². The molecule has 0 fully saturated rings. The Hall–Kier alpha value is -1.71. The minimum absolute atomic E-state index is 0.0341. The quantitative estimate of drug-likeness (QED) is 0.759. The zero-order chi connectivity index (χ0) is 12.5. The van der Waals surface area contributed by atoms with Crippen LogP contribution in [0.25, 0.3) is 0 Å². The summed E-state index contributed by atoms with van der Waals surface area (Å²) in [5.74, 6) is 0.358. The first-order chi connectivity index (χ1) is 8.03. The Morgan fingerprint density at radius 3 is 2.94 bits per heavy atom. The molecule has 0 unspecified atom stereocenters. The van der Waals surface area contributed by atoms with E-state index in [9.17, 15) is 4.79 Å². The Kier molecular flexibility index (Phi) is 2.96. The summed E-state index contributed by atoms with van der Waals surface area (Å²) >= 11 is 0. The van der Waals surface area contributed by atoms with Gasteiger partial charge in [-0.05, 0) is 12.1 Å². The fraction of sp³-hybridized carbons (Fsp3) is 0.462. The molecule has 1 aromatic carbocycles. The highest BCUT2D eigenvalue weighted by Gasteiger charge is 2.26. The van der Waals surface area contributed by atoms with E-state index in [1.165, 1.54) is 7.11 Å². The highest BCUT2D eigenvalue weighted by atomic mass is 16.5. The number of methoxy groups -OCH3 is 1. The van der Waals surface area contributed by atoms with E-state index in [1.54, 1.807) is 12.1 Å². The Morgan fingerprint density at radius 1 is 1.47 bits per heavy atom. The largest absolute Gasteiger partial charge is 0.491 e. The number of anilines is 1. The lowest BCUT2D eigenvalue weighted by Crippen LogP contribution is -2.27. The number of ether oxygens (including phenoxy) is 2. The number of carbonyl (C=O) groups excluding carboxylic acids is 1. The number of carbonyl (C=O) groups is 1. The van der Waals surface area contributed by atoms with Crippen molar-refractivity contribution in [1.29, 1.82) is 0 Å². The van der Waals surface area contributed by atoms with E-state index in [2.05, 4.69) is 19.2 Å². The van der Waals surface area contributed by atoms with E-state index in [0.29, 0.717) is 17.9 Å². The van der Waals surface area contributed by atoms with E-state index in [1.807, 2.05) is 6.07 Å². The zero-order valence-corrected chi connectivity index (χ0v) is 10.4. The highest BCUT2D eigenvalue weighted by Crippen LogP contribution is 2.34. The Bertz CT molecular complexity index is 440. The smallest absolute Gasteiger partial charge is 0.340 e. The van der Waals surface area contributed by atoms with Gasteiger partial charge in [-0.2, -0.15) is 0 Å². The topological polar surface area (TPSA) is 47.6 Å². The maximum Gasteiger partial charge on any atom is 0.340 e. The van der Waals surface area contributed by atoms with Crippen LogP contribution in [0.2, 0.25) is 0 Å². The van der Waals surface area contributed by atoms with Crippen LogP contribution >= 0.6 is 0 Å². The van der Waals surface area contributed by atoms with Crippen LogP contribution in [-0.4, -0.2) is 26.2 Å². The number of rotatable bonds is 1. The molecule has 1 aliphatic heterocycles. The van der Waals surface area contributed by atoms with Gasteiger partial charge in [0.1, 0.15) is 5.75 Å². The van der Waals surface area contributed by atoms with E-state index in [-0.39, 0.29) is 11.4 Å². The fourth-order valence-corrected chi connectivity index (χ4v) is 1.77. The van der Waals surface area contributed by atoms with Crippen molar-refractivity contribution in [3.63, 3.8) is 0 Å². The van der Waals surface area contributed by atoms with Gasteiger partial charge in [0.2, 0.25) is 0 Å². The molecule has 0 radical (unpaired) electrons. The average molecular weight is 235 g/mol. The molecule has 0 aliphatic carbocycles. The summed E-state index contributed by atoms with van der Waals surface area (Å²) in [4.78, 5) is 11.6. The van der Waals surface area contributed by atoms with Gasteiger partial charge in [0, 0.05) is 12.0 Å². The van der Waals surface area contributed by atoms with Gasteiger partial charge in [0.15, 0.2) is 0 Å². The van der Waals surface area contributed by atoms with Crippen LogP contribution in [0, 0.1) is 5.41 Å². The third kappa shape index (κ3) is 2.35. The maximum atomic E-state index is 11.6. The van der Waals surface area contributed by atoms with Crippen LogP contribution < -0.4 is 10.1 Å². The summed E-state index contributed by atoms with van der Waals surface area (Å²) in [5, 5.41) is 3.27. The zero-order valence-electron chi connectivity index (χ0n) is 10.4. The number of esters is 1. The molecule has 2 rings (SSSR count). The van der Waals surface area contributed by atoms with Crippen molar-refractivity contribution in [2.75, 3.05) is 25.6 Å². The minimum Gasteiger partial charge on any atom is -0.491 e. The molecule has 0 spiro atoms. The van der Waals surface area contributed by atoms with Gasteiger partial charge in [-0.15, -0.1) is 0 Å². The van der Waals surface area contributed by atoms with Gasteiger partial charge >= 0.3 is 5.97 Å². The highest BCUT2D eigenvalue weighted by molar-refractivity contribution is 5.97. The molecular formula is C13H17NO3. The Balaban J connectivity index is 2.39. The molecule has 0 amide bonds. The summed E-state index contributed by atoms with van der Waals surface area (Å²) in [5.41, 5.74) is 1.28. The second-order valence-corrected chi connectivity index (χ2v) is 4.98. The van der Waals surface area contributed by atoms with Crippen molar-refractivity contribution in [1.82, 2.24) is 0 Å². The lowest BCUT2D eigenvalue weighted by atomic mass is 9.95. The van der Waals surface area contributed by atoms with Crippen molar-refractivity contribution < 1.29 is 14.3 Å². The normalized spacial score (nSPS) is 17.1. The van der Waals surface area contributed by atoms with Crippen LogP contribution in [0.15, 0.2) is 18.2 Å². The summed E-state index contributed by atoms with van der Waals surface area (Å²) < 4.78 is 10.5. The van der Waals surface area contributed by atoms with Gasteiger partial charge < -0.3 is 14.8 Å². The first-order valence-electron chi connectivity index (χ1n) is 5.61. The van der Waals surface area contributed by atoms with Crippen molar-refractivity contribution in [2.45, 2.75) is 13.8 Å². The molecule has 0 bridgehead atoms. The minimum atomic E-state index is -0.349. The summed E-state index contributed by atoms with van der Waals surface area (Å²) in [6.07, 6.45) is 0. The number of nitrogens with one attached hydrogen (secondary N) is 1. The van der Waals surface area contributed by atoms with Gasteiger partial charge in [0.25, 0.3) is 0 Å². The number of hydrogen-bond acceptors (Lipinski definition) is 4. The predicted molar refractivity (Wildman–Crippen MR) is 65.5 cm³/mol. The third-order valence-corrected chi connectivity index (χ3v) is 2.79. The number of para-hydroxylation sites is 1. The molecule has 92 valence electrons. The number of hydrogen-bond donors (Lipinski definition) is 1.